The summed E-state index contributed by atoms with van der Waals surface area (Å²) in [6.45, 7) is -2.85. The lowest BCUT2D eigenvalue weighted by Crippen LogP contribution is -2.41. The molecule has 1 N–H and O–H groups in total. The van der Waals surface area contributed by atoms with Crippen molar-refractivity contribution in [1.29, 1.82) is 0 Å². The molecule has 8 nitrogen and oxygen atoms in total. The SMILES string of the molecule is O=C(c1ccnn1C(F)F)N1CCc2[nH]cnc2[C@@H]1c1cc2cc(C(F)(F)F)ccn2n1. The third-order valence-corrected chi connectivity index (χ3v) is 5.35. The van der Waals surface area contributed by atoms with E-state index in [9.17, 15) is 26.7 Å². The van der Waals surface area contributed by atoms with Gasteiger partial charge in [0.15, 0.2) is 0 Å². The Morgan fingerprint density at radius 1 is 1.22 bits per heavy atom. The lowest BCUT2D eigenvalue weighted by atomic mass is 9.99. The summed E-state index contributed by atoms with van der Waals surface area (Å²) in [5, 5.41) is 7.84. The third kappa shape index (κ3) is 3.20. The van der Waals surface area contributed by atoms with Crippen LogP contribution in [0.5, 0.6) is 0 Å². The van der Waals surface area contributed by atoms with Gasteiger partial charge in [0.25, 0.3) is 5.91 Å². The first-order valence-electron chi connectivity index (χ1n) is 9.45. The molecule has 0 saturated carbocycles. The highest BCUT2D eigenvalue weighted by molar-refractivity contribution is 5.93. The Balaban J connectivity index is 1.60. The van der Waals surface area contributed by atoms with Crippen LogP contribution in [-0.4, -0.2) is 46.7 Å². The van der Waals surface area contributed by atoms with Gasteiger partial charge in [0.1, 0.15) is 11.7 Å². The second-order valence-corrected chi connectivity index (χ2v) is 7.21. The number of fused-ring (bicyclic) bond motifs is 2. The van der Waals surface area contributed by atoms with Gasteiger partial charge in [-0.3, -0.25) is 4.79 Å². The lowest BCUT2D eigenvalue weighted by Gasteiger charge is -2.33. The first-order chi connectivity index (χ1) is 15.2. The molecule has 0 aliphatic carbocycles. The summed E-state index contributed by atoms with van der Waals surface area (Å²) in [7, 11) is 0. The van der Waals surface area contributed by atoms with Gasteiger partial charge in [0, 0.05) is 31.1 Å². The summed E-state index contributed by atoms with van der Waals surface area (Å²) in [6.07, 6.45) is -0.420. The topological polar surface area (TPSA) is 84.1 Å². The van der Waals surface area contributed by atoms with Crippen molar-refractivity contribution in [3.8, 4) is 0 Å². The summed E-state index contributed by atoms with van der Waals surface area (Å²) in [5.74, 6) is -0.713. The van der Waals surface area contributed by atoms with Gasteiger partial charge in [-0.15, -0.1) is 0 Å². The number of aromatic amines is 1. The van der Waals surface area contributed by atoms with E-state index < -0.39 is 30.2 Å². The molecule has 166 valence electrons. The molecule has 4 aromatic rings. The van der Waals surface area contributed by atoms with Gasteiger partial charge >= 0.3 is 12.7 Å². The molecule has 5 heterocycles. The number of hydrogen-bond acceptors (Lipinski definition) is 4. The number of pyridine rings is 1. The van der Waals surface area contributed by atoms with E-state index in [1.54, 1.807) is 0 Å². The smallest absolute Gasteiger partial charge is 0.348 e. The first kappa shape index (κ1) is 20.2. The molecule has 5 rings (SSSR count). The number of halogens is 5. The lowest BCUT2D eigenvalue weighted by molar-refractivity contribution is -0.137. The van der Waals surface area contributed by atoms with Crippen molar-refractivity contribution in [2.75, 3.05) is 6.54 Å². The molecule has 0 radical (unpaired) electrons. The molecular formula is C19H14F5N7O. The number of carbonyl (C=O) groups excluding carboxylic acids is 1. The van der Waals surface area contributed by atoms with Crippen LogP contribution in [0.1, 0.15) is 45.7 Å². The molecular weight excluding hydrogens is 437 g/mol. The molecule has 0 aromatic carbocycles. The molecule has 1 aliphatic rings. The van der Waals surface area contributed by atoms with Crippen LogP contribution in [0.3, 0.4) is 0 Å². The largest absolute Gasteiger partial charge is 0.416 e. The average Bonchev–Trinajstić information content (AvgIpc) is 3.49. The molecule has 0 spiro atoms. The fraction of sp³-hybridized carbons (Fsp3) is 0.263. The second kappa shape index (κ2) is 7.14. The van der Waals surface area contributed by atoms with Crippen molar-refractivity contribution in [3.05, 3.63) is 71.3 Å². The quantitative estimate of drug-likeness (QED) is 0.484. The van der Waals surface area contributed by atoms with E-state index in [0.29, 0.717) is 16.8 Å². The highest BCUT2D eigenvalue weighted by Gasteiger charge is 2.38. The molecule has 1 aliphatic heterocycles. The summed E-state index contributed by atoms with van der Waals surface area (Å²) in [6, 6.07) is 3.57. The monoisotopic (exact) mass is 451 g/mol. The molecule has 0 unspecified atom stereocenters. The van der Waals surface area contributed by atoms with Crippen molar-refractivity contribution in [3.63, 3.8) is 0 Å². The number of nitrogens with zero attached hydrogens (tertiary/aromatic N) is 6. The molecule has 1 atom stereocenters. The van der Waals surface area contributed by atoms with E-state index >= 15 is 0 Å². The molecule has 4 aromatic heterocycles. The maximum atomic E-state index is 13.3. The minimum atomic E-state index is -4.53. The van der Waals surface area contributed by atoms with Crippen molar-refractivity contribution in [2.24, 2.45) is 0 Å². The number of hydrogen-bond donors (Lipinski definition) is 1. The van der Waals surface area contributed by atoms with Crippen LogP contribution in [0.4, 0.5) is 22.0 Å². The molecule has 1 amide bonds. The minimum Gasteiger partial charge on any atom is -0.348 e. The molecule has 13 heteroatoms. The van der Waals surface area contributed by atoms with Crippen LogP contribution in [0, 0.1) is 0 Å². The fourth-order valence-electron chi connectivity index (χ4n) is 3.91. The average molecular weight is 451 g/mol. The van der Waals surface area contributed by atoms with Crippen LogP contribution >= 0.6 is 0 Å². The van der Waals surface area contributed by atoms with Gasteiger partial charge in [-0.05, 0) is 24.3 Å². The van der Waals surface area contributed by atoms with E-state index in [0.717, 1.165) is 24.0 Å². The Bertz CT molecular complexity index is 1300. The molecule has 32 heavy (non-hydrogen) atoms. The van der Waals surface area contributed by atoms with E-state index in [4.69, 9.17) is 0 Å². The van der Waals surface area contributed by atoms with Crippen LogP contribution in [0.25, 0.3) is 5.52 Å². The maximum Gasteiger partial charge on any atom is 0.416 e. The van der Waals surface area contributed by atoms with E-state index in [-0.39, 0.29) is 23.4 Å². The van der Waals surface area contributed by atoms with Gasteiger partial charge in [0.2, 0.25) is 0 Å². The number of rotatable bonds is 3. The maximum absolute atomic E-state index is 13.3. The Kier molecular flexibility index (Phi) is 4.50. The van der Waals surface area contributed by atoms with Gasteiger partial charge in [0.05, 0.1) is 28.8 Å². The highest BCUT2D eigenvalue weighted by atomic mass is 19.4. The molecule has 0 fully saturated rings. The normalized spacial score (nSPS) is 16.7. The van der Waals surface area contributed by atoms with Crippen molar-refractivity contribution < 1.29 is 26.7 Å². The Morgan fingerprint density at radius 3 is 2.78 bits per heavy atom. The number of aromatic nitrogens is 6. The predicted octanol–water partition coefficient (Wildman–Crippen LogP) is 3.46. The Labute approximate surface area is 176 Å². The van der Waals surface area contributed by atoms with Crippen molar-refractivity contribution in [1.82, 2.24) is 34.3 Å². The summed E-state index contributed by atoms with van der Waals surface area (Å²) >= 11 is 0. The number of carbonyl (C=O) groups is 1. The number of nitrogens with one attached hydrogen (secondary N) is 1. The zero-order valence-corrected chi connectivity index (χ0v) is 16.1. The second-order valence-electron chi connectivity index (χ2n) is 7.21. The molecule has 0 bridgehead atoms. The summed E-state index contributed by atoms with van der Waals surface area (Å²) < 4.78 is 67.4. The predicted molar refractivity (Wildman–Crippen MR) is 98.8 cm³/mol. The van der Waals surface area contributed by atoms with Gasteiger partial charge < -0.3 is 9.88 Å². The van der Waals surface area contributed by atoms with Crippen molar-refractivity contribution in [2.45, 2.75) is 25.2 Å². The Hall–Kier alpha value is -3.77. The number of alkyl halides is 5. The Morgan fingerprint density at radius 2 is 2.03 bits per heavy atom. The number of H-pyrrole nitrogens is 1. The van der Waals surface area contributed by atoms with E-state index in [1.165, 1.54) is 34.1 Å². The van der Waals surface area contributed by atoms with E-state index in [2.05, 4.69) is 20.2 Å². The van der Waals surface area contributed by atoms with Crippen LogP contribution in [0.2, 0.25) is 0 Å². The van der Waals surface area contributed by atoms with Crippen molar-refractivity contribution >= 4 is 11.4 Å². The summed E-state index contributed by atoms with van der Waals surface area (Å²) in [4.78, 5) is 21.8. The highest BCUT2D eigenvalue weighted by Crippen LogP contribution is 2.35. The third-order valence-electron chi connectivity index (χ3n) is 5.35. The van der Waals surface area contributed by atoms with Gasteiger partial charge in [-0.2, -0.15) is 36.8 Å². The van der Waals surface area contributed by atoms with Crippen LogP contribution in [-0.2, 0) is 12.6 Å². The first-order valence-corrected chi connectivity index (χ1v) is 9.45. The summed E-state index contributed by atoms with van der Waals surface area (Å²) in [5.41, 5.74) is 0.458. The van der Waals surface area contributed by atoms with Crippen LogP contribution < -0.4 is 0 Å². The molecule has 0 saturated heterocycles. The fourth-order valence-corrected chi connectivity index (χ4v) is 3.91. The number of amides is 1. The van der Waals surface area contributed by atoms with Crippen LogP contribution in [0.15, 0.2) is 43.0 Å². The zero-order valence-electron chi connectivity index (χ0n) is 16.1. The van der Waals surface area contributed by atoms with E-state index in [1.807, 2.05) is 0 Å². The van der Waals surface area contributed by atoms with Gasteiger partial charge in [-0.1, -0.05) is 0 Å². The zero-order chi connectivity index (χ0) is 22.6. The minimum absolute atomic E-state index is 0.161. The standard InChI is InChI=1S/C19H14F5N7O/c20-18(21)31-14(1-4-27-31)17(32)29-5-3-12-15(26-9-25-12)16(29)13-8-11-7-10(19(22,23)24)2-6-30(11)28-13/h1-2,4,6-9,16,18H,3,5H2,(H,25,26)/t16-/m0/s1. The van der Waals surface area contributed by atoms with Gasteiger partial charge in [-0.25, -0.2) is 9.50 Å². The number of imidazole rings is 1.